The highest BCUT2D eigenvalue weighted by atomic mass is 79.9. The second-order valence-corrected chi connectivity index (χ2v) is 4.35. The molecule has 0 aliphatic rings. The van der Waals surface area contributed by atoms with Gasteiger partial charge in [0.25, 0.3) is 0 Å². The van der Waals surface area contributed by atoms with Crippen LogP contribution in [-0.2, 0) is 6.42 Å². The summed E-state index contributed by atoms with van der Waals surface area (Å²) in [4.78, 5) is -1.66. The number of rotatable bonds is 4. The van der Waals surface area contributed by atoms with Gasteiger partial charge in [0, 0.05) is 0 Å². The molecule has 5 heteroatoms. The van der Waals surface area contributed by atoms with Crippen molar-refractivity contribution in [3.05, 3.63) is 35.4 Å². The highest BCUT2D eigenvalue weighted by Gasteiger charge is 2.48. The van der Waals surface area contributed by atoms with Crippen LogP contribution < -0.4 is 0 Å². The van der Waals surface area contributed by atoms with E-state index < -0.39 is 17.2 Å². The Morgan fingerprint density at radius 1 is 1.19 bits per heavy atom. The highest BCUT2D eigenvalue weighted by molar-refractivity contribution is 9.09. The fourth-order valence-corrected chi connectivity index (χ4v) is 1.76. The first-order valence-corrected chi connectivity index (χ1v) is 5.70. The van der Waals surface area contributed by atoms with Gasteiger partial charge in [-0.25, -0.2) is 8.78 Å². The van der Waals surface area contributed by atoms with Gasteiger partial charge < -0.3 is 0 Å². The summed E-state index contributed by atoms with van der Waals surface area (Å²) in [5, 5.41) is 0. The molecular formula is C11H11BrF4. The van der Waals surface area contributed by atoms with E-state index in [4.69, 9.17) is 0 Å². The zero-order valence-corrected chi connectivity index (χ0v) is 10.1. The Labute approximate surface area is 99.8 Å². The molecule has 0 spiro atoms. The Morgan fingerprint density at radius 2 is 1.69 bits per heavy atom. The highest BCUT2D eigenvalue weighted by Crippen LogP contribution is 2.42. The third-order valence-corrected chi connectivity index (χ3v) is 3.45. The van der Waals surface area contributed by atoms with Gasteiger partial charge in [-0.15, -0.1) is 0 Å². The summed E-state index contributed by atoms with van der Waals surface area (Å²) in [7, 11) is 0. The summed E-state index contributed by atoms with van der Waals surface area (Å²) < 4.78 is 50.3. The topological polar surface area (TPSA) is 0 Å². The molecule has 0 aliphatic carbocycles. The van der Waals surface area contributed by atoms with Crippen LogP contribution in [0, 0.1) is 0 Å². The average Bonchev–Trinajstić information content (AvgIpc) is 2.28. The molecule has 0 aliphatic heterocycles. The molecule has 0 aromatic heterocycles. The van der Waals surface area contributed by atoms with Crippen molar-refractivity contribution in [2.24, 2.45) is 0 Å². The molecule has 1 aromatic carbocycles. The van der Waals surface area contributed by atoms with Crippen LogP contribution in [0.4, 0.5) is 17.6 Å². The van der Waals surface area contributed by atoms with E-state index in [1.165, 1.54) is 12.1 Å². The minimum atomic E-state index is -4.06. The number of halogens is 5. The summed E-state index contributed by atoms with van der Waals surface area (Å²) in [5.41, 5.74) is 1.13. The van der Waals surface area contributed by atoms with Crippen LogP contribution in [0.25, 0.3) is 0 Å². The van der Waals surface area contributed by atoms with Gasteiger partial charge >= 0.3 is 12.3 Å². The number of alkyl halides is 5. The first kappa shape index (κ1) is 13.5. The number of aryl methyl sites for hydroxylation is 1. The maximum Gasteiger partial charge on any atom is 0.323 e. The summed E-state index contributed by atoms with van der Waals surface area (Å²) in [6.45, 7) is 1.92. The second kappa shape index (κ2) is 5.17. The van der Waals surface area contributed by atoms with Gasteiger partial charge in [-0.05, 0) is 17.5 Å². The molecule has 1 aromatic rings. The molecule has 0 nitrogen and oxygen atoms in total. The van der Waals surface area contributed by atoms with E-state index >= 15 is 0 Å². The molecule has 1 unspecified atom stereocenters. The summed E-state index contributed by atoms with van der Waals surface area (Å²) in [6, 6.07) is 6.19. The Hall–Kier alpha value is -0.580. The lowest BCUT2D eigenvalue weighted by Gasteiger charge is -2.21. The molecule has 0 amide bonds. The van der Waals surface area contributed by atoms with Gasteiger partial charge in [0.05, 0.1) is 0 Å². The maximum atomic E-state index is 13.0. The van der Waals surface area contributed by atoms with E-state index in [9.17, 15) is 17.6 Å². The summed E-state index contributed by atoms with van der Waals surface area (Å²) in [5.74, 6) is -4.06. The van der Waals surface area contributed by atoms with Crippen molar-refractivity contribution in [2.75, 3.05) is 0 Å². The van der Waals surface area contributed by atoms with Crippen molar-refractivity contribution in [2.45, 2.75) is 30.5 Å². The molecule has 0 heterocycles. The Balaban J connectivity index is 2.91. The number of benzene rings is 1. The molecule has 0 bridgehead atoms. The van der Waals surface area contributed by atoms with Crippen molar-refractivity contribution in [3.63, 3.8) is 0 Å². The molecule has 1 atom stereocenters. The van der Waals surface area contributed by atoms with E-state index in [2.05, 4.69) is 15.9 Å². The first-order valence-electron chi connectivity index (χ1n) is 4.78. The Bertz CT molecular complexity index is 334. The van der Waals surface area contributed by atoms with Crippen molar-refractivity contribution in [1.82, 2.24) is 0 Å². The first-order chi connectivity index (χ1) is 7.39. The van der Waals surface area contributed by atoms with E-state index in [1.807, 2.05) is 6.92 Å². The second-order valence-electron chi connectivity index (χ2n) is 3.43. The molecule has 1 rings (SSSR count). The lowest BCUT2D eigenvalue weighted by Crippen LogP contribution is -2.31. The fourth-order valence-electron chi connectivity index (χ4n) is 1.26. The van der Waals surface area contributed by atoms with Gasteiger partial charge in [-0.2, -0.15) is 8.78 Å². The predicted molar refractivity (Wildman–Crippen MR) is 58.4 cm³/mol. The smallest absolute Gasteiger partial charge is 0.204 e. The van der Waals surface area contributed by atoms with E-state index in [1.54, 1.807) is 12.1 Å². The normalized spacial score (nSPS) is 14.2. The molecule has 0 radical (unpaired) electrons. The lowest BCUT2D eigenvalue weighted by molar-refractivity contribution is -0.127. The van der Waals surface area contributed by atoms with Crippen LogP contribution in [0.5, 0.6) is 0 Å². The van der Waals surface area contributed by atoms with Gasteiger partial charge in [-0.1, -0.05) is 47.1 Å². The molecular weight excluding hydrogens is 288 g/mol. The van der Waals surface area contributed by atoms with Gasteiger partial charge in [-0.3, -0.25) is 0 Å². The summed E-state index contributed by atoms with van der Waals surface area (Å²) >= 11 is 2.62. The van der Waals surface area contributed by atoms with E-state index in [0.29, 0.717) is 0 Å². The van der Waals surface area contributed by atoms with Crippen molar-refractivity contribution < 1.29 is 17.6 Å². The third kappa shape index (κ3) is 2.75. The van der Waals surface area contributed by atoms with Crippen LogP contribution in [0.1, 0.15) is 22.9 Å². The minimum absolute atomic E-state index is 0.155. The summed E-state index contributed by atoms with van der Waals surface area (Å²) in [6.07, 6.45) is -2.90. The lowest BCUT2D eigenvalue weighted by atomic mass is 10.0. The third-order valence-electron chi connectivity index (χ3n) is 2.31. The standard InChI is InChI=1S/C11H11BrF4/c1-2-7-3-5-8(6-4-7)9(12)11(15,16)10(13)14/h3-6,9-10H,2H2,1H3. The SMILES string of the molecule is CCc1ccc(C(Br)C(F)(F)C(F)F)cc1. The Morgan fingerprint density at radius 3 is 2.06 bits per heavy atom. The van der Waals surface area contributed by atoms with Gasteiger partial charge in [0.1, 0.15) is 4.83 Å². The Kier molecular flexibility index (Phi) is 4.35. The molecule has 0 fully saturated rings. The van der Waals surface area contributed by atoms with E-state index in [0.717, 1.165) is 12.0 Å². The fraction of sp³-hybridized carbons (Fsp3) is 0.455. The molecule has 16 heavy (non-hydrogen) atoms. The molecule has 90 valence electrons. The van der Waals surface area contributed by atoms with Crippen LogP contribution >= 0.6 is 15.9 Å². The minimum Gasteiger partial charge on any atom is -0.204 e. The quantitative estimate of drug-likeness (QED) is 0.563. The van der Waals surface area contributed by atoms with E-state index in [-0.39, 0.29) is 5.56 Å². The molecule has 0 saturated carbocycles. The van der Waals surface area contributed by atoms with Crippen LogP contribution in [0.3, 0.4) is 0 Å². The van der Waals surface area contributed by atoms with Crippen LogP contribution in [0.15, 0.2) is 24.3 Å². The number of hydrogen-bond acceptors (Lipinski definition) is 0. The van der Waals surface area contributed by atoms with Crippen LogP contribution in [-0.4, -0.2) is 12.3 Å². The average molecular weight is 299 g/mol. The van der Waals surface area contributed by atoms with Crippen molar-refractivity contribution in [1.29, 1.82) is 0 Å². The maximum absolute atomic E-state index is 13.0. The zero-order chi connectivity index (χ0) is 12.3. The zero-order valence-electron chi connectivity index (χ0n) is 8.56. The monoisotopic (exact) mass is 298 g/mol. The molecule has 0 N–H and O–H groups in total. The number of hydrogen-bond donors (Lipinski definition) is 0. The van der Waals surface area contributed by atoms with Gasteiger partial charge in [0.2, 0.25) is 0 Å². The van der Waals surface area contributed by atoms with Gasteiger partial charge in [0.15, 0.2) is 0 Å². The molecule has 0 saturated heterocycles. The predicted octanol–water partition coefficient (Wildman–Crippen LogP) is 4.59. The largest absolute Gasteiger partial charge is 0.323 e. The van der Waals surface area contributed by atoms with Crippen molar-refractivity contribution >= 4 is 15.9 Å². The van der Waals surface area contributed by atoms with Crippen LogP contribution in [0.2, 0.25) is 0 Å². The van der Waals surface area contributed by atoms with Crippen molar-refractivity contribution in [3.8, 4) is 0 Å².